The summed E-state index contributed by atoms with van der Waals surface area (Å²) in [7, 11) is 0. The van der Waals surface area contributed by atoms with Gasteiger partial charge in [0.25, 0.3) is 0 Å². The fraction of sp³-hybridized carbons (Fsp3) is 0.158. The van der Waals surface area contributed by atoms with E-state index in [9.17, 15) is 0 Å². The number of ether oxygens (including phenoxy) is 1. The molecular weight excluding hydrogens is 389 g/mol. The molecule has 7 heteroatoms. The number of rotatable bonds is 6. The smallest absolute Gasteiger partial charge is 0.203 e. The van der Waals surface area contributed by atoms with E-state index in [-0.39, 0.29) is 0 Å². The Bertz CT molecular complexity index is 921. The Kier molecular flexibility index (Phi) is 6.14. The maximum absolute atomic E-state index is 6.02. The molecule has 0 saturated carbocycles. The van der Waals surface area contributed by atoms with E-state index in [1.807, 2.05) is 44.2 Å². The van der Waals surface area contributed by atoms with Gasteiger partial charge in [-0.05, 0) is 49.2 Å². The summed E-state index contributed by atoms with van der Waals surface area (Å²) in [5.41, 5.74) is 5.85. The van der Waals surface area contributed by atoms with Gasteiger partial charge >= 0.3 is 0 Å². The van der Waals surface area contributed by atoms with Gasteiger partial charge < -0.3 is 4.74 Å². The number of aromatic nitrogens is 1. The van der Waals surface area contributed by atoms with Crippen LogP contribution in [0.25, 0.3) is 0 Å². The molecule has 0 aliphatic heterocycles. The predicted octanol–water partition coefficient (Wildman–Crippen LogP) is 6.09. The number of hydrazone groups is 1. The minimum absolute atomic E-state index is 0.410. The lowest BCUT2D eigenvalue weighted by atomic mass is 10.2. The van der Waals surface area contributed by atoms with Crippen LogP contribution >= 0.6 is 34.5 Å². The number of benzene rings is 2. The lowest BCUT2D eigenvalue weighted by Crippen LogP contribution is -1.96. The molecule has 0 spiro atoms. The molecule has 0 aliphatic rings. The first kappa shape index (κ1) is 18.7. The zero-order chi connectivity index (χ0) is 18.5. The van der Waals surface area contributed by atoms with Crippen molar-refractivity contribution in [2.24, 2.45) is 5.10 Å². The average Bonchev–Trinajstić information content (AvgIpc) is 2.94. The number of nitrogens with one attached hydrogen (secondary N) is 1. The Balaban J connectivity index is 1.60. The lowest BCUT2D eigenvalue weighted by molar-refractivity contribution is 0.306. The fourth-order valence-electron chi connectivity index (χ4n) is 2.16. The van der Waals surface area contributed by atoms with Crippen molar-refractivity contribution in [3.05, 3.63) is 74.2 Å². The SMILES string of the molecule is Cc1nc(N/N=C\c2cccc(OCc3ccc(Cl)c(Cl)c3)c2)sc1C. The Labute approximate surface area is 166 Å². The van der Waals surface area contributed by atoms with Crippen LogP contribution in [0.3, 0.4) is 0 Å². The second kappa shape index (κ2) is 8.54. The van der Waals surface area contributed by atoms with Gasteiger partial charge in [0.15, 0.2) is 0 Å². The summed E-state index contributed by atoms with van der Waals surface area (Å²) in [6.07, 6.45) is 1.73. The molecule has 3 rings (SSSR count). The van der Waals surface area contributed by atoms with Gasteiger partial charge in [0.2, 0.25) is 5.13 Å². The fourth-order valence-corrected chi connectivity index (χ4v) is 3.25. The largest absolute Gasteiger partial charge is 0.489 e. The molecule has 2 aromatic carbocycles. The van der Waals surface area contributed by atoms with E-state index >= 15 is 0 Å². The maximum Gasteiger partial charge on any atom is 0.203 e. The Morgan fingerprint density at radius 1 is 1.15 bits per heavy atom. The maximum atomic E-state index is 6.02. The molecule has 1 N–H and O–H groups in total. The number of hydrogen-bond acceptors (Lipinski definition) is 5. The van der Waals surface area contributed by atoms with Crippen molar-refractivity contribution in [2.75, 3.05) is 5.43 Å². The monoisotopic (exact) mass is 405 g/mol. The van der Waals surface area contributed by atoms with Crippen molar-refractivity contribution in [2.45, 2.75) is 20.5 Å². The molecule has 0 aliphatic carbocycles. The molecule has 4 nitrogen and oxygen atoms in total. The molecule has 0 unspecified atom stereocenters. The topological polar surface area (TPSA) is 46.5 Å². The number of anilines is 1. The minimum atomic E-state index is 0.410. The molecule has 0 saturated heterocycles. The van der Waals surface area contributed by atoms with Gasteiger partial charge in [-0.2, -0.15) is 5.10 Å². The van der Waals surface area contributed by atoms with E-state index in [2.05, 4.69) is 15.5 Å². The molecule has 1 heterocycles. The second-order valence-electron chi connectivity index (χ2n) is 5.64. The van der Waals surface area contributed by atoms with Gasteiger partial charge in [0, 0.05) is 4.88 Å². The summed E-state index contributed by atoms with van der Waals surface area (Å²) < 4.78 is 5.82. The summed E-state index contributed by atoms with van der Waals surface area (Å²) in [6, 6.07) is 13.1. The van der Waals surface area contributed by atoms with E-state index in [1.54, 1.807) is 29.7 Å². The zero-order valence-electron chi connectivity index (χ0n) is 14.3. The summed E-state index contributed by atoms with van der Waals surface area (Å²) in [4.78, 5) is 5.56. The number of nitrogens with zero attached hydrogens (tertiary/aromatic N) is 2. The molecular formula is C19H17Cl2N3OS. The average molecular weight is 406 g/mol. The second-order valence-corrected chi connectivity index (χ2v) is 7.66. The third-order valence-electron chi connectivity index (χ3n) is 3.65. The molecule has 134 valence electrons. The van der Waals surface area contributed by atoms with Gasteiger partial charge in [0.05, 0.1) is 22.0 Å². The summed E-state index contributed by atoms with van der Waals surface area (Å²) in [5.74, 6) is 0.751. The van der Waals surface area contributed by atoms with Crippen LogP contribution in [0.5, 0.6) is 5.75 Å². The highest BCUT2D eigenvalue weighted by Crippen LogP contribution is 2.24. The molecule has 1 aromatic heterocycles. The van der Waals surface area contributed by atoms with Crippen LogP contribution in [0.2, 0.25) is 10.0 Å². The predicted molar refractivity (Wildman–Crippen MR) is 110 cm³/mol. The van der Waals surface area contributed by atoms with Crippen LogP contribution in [0.15, 0.2) is 47.6 Å². The van der Waals surface area contributed by atoms with Crippen molar-refractivity contribution in [1.29, 1.82) is 0 Å². The van der Waals surface area contributed by atoms with Crippen molar-refractivity contribution in [3.8, 4) is 5.75 Å². The van der Waals surface area contributed by atoms with Crippen molar-refractivity contribution in [1.82, 2.24) is 4.98 Å². The van der Waals surface area contributed by atoms with Crippen molar-refractivity contribution in [3.63, 3.8) is 0 Å². The third kappa shape index (κ3) is 4.97. The lowest BCUT2D eigenvalue weighted by Gasteiger charge is -2.07. The van der Waals surface area contributed by atoms with Crippen molar-refractivity contribution < 1.29 is 4.74 Å². The molecule has 0 fully saturated rings. The van der Waals surface area contributed by atoms with Gasteiger partial charge in [0.1, 0.15) is 12.4 Å². The van der Waals surface area contributed by atoms with Gasteiger partial charge in [-0.25, -0.2) is 4.98 Å². The van der Waals surface area contributed by atoms with E-state index < -0.39 is 0 Å². The van der Waals surface area contributed by atoms with Crippen LogP contribution in [0, 0.1) is 13.8 Å². The van der Waals surface area contributed by atoms with Crippen LogP contribution in [0.4, 0.5) is 5.13 Å². The summed E-state index contributed by atoms with van der Waals surface area (Å²) in [6.45, 7) is 4.43. The molecule has 0 bridgehead atoms. The van der Waals surface area contributed by atoms with Crippen LogP contribution in [0.1, 0.15) is 21.7 Å². The zero-order valence-corrected chi connectivity index (χ0v) is 16.6. The Morgan fingerprint density at radius 3 is 2.73 bits per heavy atom. The van der Waals surface area contributed by atoms with Gasteiger partial charge in [-0.3, -0.25) is 5.43 Å². The molecule has 0 radical (unpaired) electrons. The Hall–Kier alpha value is -2.08. The van der Waals surface area contributed by atoms with Gasteiger partial charge in [-0.15, -0.1) is 11.3 Å². The van der Waals surface area contributed by atoms with Crippen molar-refractivity contribution >= 4 is 45.9 Å². The first-order valence-electron chi connectivity index (χ1n) is 7.91. The number of thiazole rings is 1. The van der Waals surface area contributed by atoms with E-state index in [0.29, 0.717) is 16.7 Å². The van der Waals surface area contributed by atoms with E-state index in [1.165, 1.54) is 4.88 Å². The number of aryl methyl sites for hydroxylation is 2. The van der Waals surface area contributed by atoms with Crippen LogP contribution in [-0.4, -0.2) is 11.2 Å². The normalized spacial score (nSPS) is 11.1. The molecule has 0 amide bonds. The minimum Gasteiger partial charge on any atom is -0.489 e. The summed E-state index contributed by atoms with van der Waals surface area (Å²) >= 11 is 13.5. The molecule has 0 atom stereocenters. The molecule has 26 heavy (non-hydrogen) atoms. The number of hydrogen-bond donors (Lipinski definition) is 1. The summed E-state index contributed by atoms with van der Waals surface area (Å²) in [5, 5.41) is 6.07. The highest BCUT2D eigenvalue weighted by Gasteiger charge is 2.03. The van der Waals surface area contributed by atoms with Gasteiger partial charge in [-0.1, -0.05) is 41.4 Å². The van der Waals surface area contributed by atoms with E-state index in [0.717, 1.165) is 27.7 Å². The van der Waals surface area contributed by atoms with Crippen LogP contribution < -0.4 is 10.2 Å². The quantitative estimate of drug-likeness (QED) is 0.398. The highest BCUT2D eigenvalue weighted by molar-refractivity contribution is 7.15. The standard InChI is InChI=1S/C19H17Cl2N3OS/c1-12-13(2)26-19(23-12)24-22-10-14-4-3-5-16(8-14)25-11-15-6-7-17(20)18(21)9-15/h3-10H,11H2,1-2H3,(H,23,24)/b22-10-. The van der Waals surface area contributed by atoms with E-state index in [4.69, 9.17) is 27.9 Å². The van der Waals surface area contributed by atoms with Crippen LogP contribution in [-0.2, 0) is 6.61 Å². The first-order chi connectivity index (χ1) is 12.5. The number of halogens is 2. The molecule has 3 aromatic rings. The highest BCUT2D eigenvalue weighted by atomic mass is 35.5. The Morgan fingerprint density at radius 2 is 2.00 bits per heavy atom. The third-order valence-corrected chi connectivity index (χ3v) is 5.37. The first-order valence-corrected chi connectivity index (χ1v) is 9.48.